The van der Waals surface area contributed by atoms with Crippen molar-refractivity contribution in [1.82, 2.24) is 9.97 Å². The van der Waals surface area contributed by atoms with Crippen LogP contribution in [-0.4, -0.2) is 26.0 Å². The van der Waals surface area contributed by atoms with Crippen LogP contribution < -0.4 is 4.74 Å². The lowest BCUT2D eigenvalue weighted by Crippen LogP contribution is -2.01. The van der Waals surface area contributed by atoms with E-state index in [2.05, 4.69) is 9.97 Å². The Labute approximate surface area is 119 Å². The van der Waals surface area contributed by atoms with Gasteiger partial charge in [0.25, 0.3) is 0 Å². The normalized spacial score (nSPS) is 10.1. The first kappa shape index (κ1) is 14.4. The van der Waals surface area contributed by atoms with Crippen LogP contribution in [0.4, 0.5) is 5.69 Å². The minimum absolute atomic E-state index is 0.000255. The van der Waals surface area contributed by atoms with Crippen molar-refractivity contribution < 1.29 is 19.6 Å². The topological polar surface area (TPSA) is 115 Å². The zero-order valence-corrected chi connectivity index (χ0v) is 11.0. The number of nitro benzene ring substituents is 1. The van der Waals surface area contributed by atoms with Crippen molar-refractivity contribution in [2.45, 2.75) is 13.3 Å². The minimum Gasteiger partial charge on any atom is -0.478 e. The molecule has 0 bridgehead atoms. The van der Waals surface area contributed by atoms with Crippen molar-refractivity contribution in [3.05, 3.63) is 51.8 Å². The highest BCUT2D eigenvalue weighted by Crippen LogP contribution is 2.30. The molecular formula is C13H11N3O5. The predicted molar refractivity (Wildman–Crippen MR) is 71.5 cm³/mol. The van der Waals surface area contributed by atoms with Crippen LogP contribution in [0, 0.1) is 10.1 Å². The molecule has 108 valence electrons. The summed E-state index contributed by atoms with van der Waals surface area (Å²) in [5.41, 5.74) is 0.509. The number of carboxylic acid groups (broad SMARTS) is 1. The minimum atomic E-state index is -1.17. The highest BCUT2D eigenvalue weighted by Gasteiger charge is 2.17. The zero-order valence-electron chi connectivity index (χ0n) is 11.0. The third kappa shape index (κ3) is 3.30. The largest absolute Gasteiger partial charge is 0.478 e. The standard InChI is InChI=1S/C13H11N3O5/c1-2-8-3-4-11(10(5-8)16(19)20)21-13-14-6-9(7-15-13)12(17)18/h3-7H,2H2,1H3,(H,17,18). The molecule has 1 aromatic heterocycles. The molecule has 0 unspecified atom stereocenters. The van der Waals surface area contributed by atoms with Crippen molar-refractivity contribution in [2.24, 2.45) is 0 Å². The smallest absolute Gasteiger partial charge is 0.338 e. The van der Waals surface area contributed by atoms with E-state index in [-0.39, 0.29) is 23.0 Å². The second-order valence-electron chi connectivity index (χ2n) is 4.07. The van der Waals surface area contributed by atoms with Crippen LogP contribution in [0.1, 0.15) is 22.8 Å². The lowest BCUT2D eigenvalue weighted by Gasteiger charge is -2.05. The highest BCUT2D eigenvalue weighted by atomic mass is 16.6. The first-order valence-corrected chi connectivity index (χ1v) is 6.01. The number of benzene rings is 1. The molecule has 0 radical (unpaired) electrons. The molecule has 0 aliphatic heterocycles. The highest BCUT2D eigenvalue weighted by molar-refractivity contribution is 5.86. The average Bonchev–Trinajstić information content (AvgIpc) is 2.48. The third-order valence-electron chi connectivity index (χ3n) is 2.70. The summed E-state index contributed by atoms with van der Waals surface area (Å²) in [4.78, 5) is 28.6. The molecule has 0 spiro atoms. The van der Waals surface area contributed by atoms with Gasteiger partial charge in [0.05, 0.1) is 10.5 Å². The second-order valence-corrected chi connectivity index (χ2v) is 4.07. The first-order chi connectivity index (χ1) is 10.0. The van der Waals surface area contributed by atoms with Crippen LogP contribution in [0.15, 0.2) is 30.6 Å². The summed E-state index contributed by atoms with van der Waals surface area (Å²) < 4.78 is 5.25. The maximum absolute atomic E-state index is 11.0. The van der Waals surface area contributed by atoms with Crippen molar-refractivity contribution in [1.29, 1.82) is 0 Å². The Hall–Kier alpha value is -3.03. The quantitative estimate of drug-likeness (QED) is 0.663. The Morgan fingerprint density at radius 1 is 1.38 bits per heavy atom. The van der Waals surface area contributed by atoms with E-state index in [1.807, 2.05) is 6.92 Å². The molecule has 8 nitrogen and oxygen atoms in total. The third-order valence-corrected chi connectivity index (χ3v) is 2.70. The van der Waals surface area contributed by atoms with Crippen LogP contribution in [0.2, 0.25) is 0 Å². The maximum Gasteiger partial charge on any atom is 0.338 e. The molecule has 1 aromatic carbocycles. The van der Waals surface area contributed by atoms with Gasteiger partial charge in [-0.3, -0.25) is 10.1 Å². The van der Waals surface area contributed by atoms with Gasteiger partial charge in [0.15, 0.2) is 0 Å². The van der Waals surface area contributed by atoms with Gasteiger partial charge in [0.1, 0.15) is 0 Å². The molecule has 0 atom stereocenters. The number of rotatable bonds is 5. The van der Waals surface area contributed by atoms with Gasteiger partial charge < -0.3 is 9.84 Å². The number of aryl methyl sites for hydroxylation is 1. The molecule has 0 aliphatic carbocycles. The predicted octanol–water partition coefficient (Wildman–Crippen LogP) is 2.44. The van der Waals surface area contributed by atoms with E-state index in [1.165, 1.54) is 12.1 Å². The van der Waals surface area contributed by atoms with E-state index in [1.54, 1.807) is 6.07 Å². The van der Waals surface area contributed by atoms with Crippen LogP contribution in [0.5, 0.6) is 11.8 Å². The van der Waals surface area contributed by atoms with Crippen LogP contribution in [-0.2, 0) is 6.42 Å². The number of nitro groups is 1. The summed E-state index contributed by atoms with van der Waals surface area (Å²) in [5, 5.41) is 19.8. The summed E-state index contributed by atoms with van der Waals surface area (Å²) in [6.45, 7) is 1.88. The first-order valence-electron chi connectivity index (χ1n) is 6.01. The molecule has 0 fully saturated rings. The fourth-order valence-electron chi connectivity index (χ4n) is 1.59. The summed E-state index contributed by atoms with van der Waals surface area (Å²) in [6, 6.07) is 4.42. The van der Waals surface area contributed by atoms with Gasteiger partial charge in [-0.1, -0.05) is 13.0 Å². The van der Waals surface area contributed by atoms with Gasteiger partial charge in [0, 0.05) is 18.5 Å². The number of ether oxygens (including phenoxy) is 1. The molecule has 2 aromatic rings. The molecule has 0 saturated carbocycles. The van der Waals surface area contributed by atoms with E-state index in [9.17, 15) is 14.9 Å². The van der Waals surface area contributed by atoms with E-state index >= 15 is 0 Å². The van der Waals surface area contributed by atoms with Crippen molar-refractivity contribution in [2.75, 3.05) is 0 Å². The molecular weight excluding hydrogens is 278 g/mol. The number of carboxylic acids is 1. The van der Waals surface area contributed by atoms with Gasteiger partial charge in [0.2, 0.25) is 5.75 Å². The SMILES string of the molecule is CCc1ccc(Oc2ncc(C(=O)O)cn2)c([N+](=O)[O-])c1. The molecule has 1 heterocycles. The maximum atomic E-state index is 11.0. The lowest BCUT2D eigenvalue weighted by atomic mass is 10.1. The number of aromatic carboxylic acids is 1. The van der Waals surface area contributed by atoms with Crippen LogP contribution in [0.3, 0.4) is 0 Å². The van der Waals surface area contributed by atoms with E-state index in [0.717, 1.165) is 18.0 Å². The number of carbonyl (C=O) groups is 1. The monoisotopic (exact) mass is 289 g/mol. The molecule has 21 heavy (non-hydrogen) atoms. The van der Waals surface area contributed by atoms with Crippen molar-refractivity contribution in [3.63, 3.8) is 0 Å². The van der Waals surface area contributed by atoms with E-state index in [0.29, 0.717) is 6.42 Å². The average molecular weight is 289 g/mol. The fraction of sp³-hybridized carbons (Fsp3) is 0.154. The Kier molecular flexibility index (Phi) is 4.07. The van der Waals surface area contributed by atoms with Gasteiger partial charge in [-0.25, -0.2) is 14.8 Å². The van der Waals surface area contributed by atoms with Crippen LogP contribution >= 0.6 is 0 Å². The number of hydrogen-bond acceptors (Lipinski definition) is 6. The Morgan fingerprint density at radius 3 is 2.57 bits per heavy atom. The summed E-state index contributed by atoms with van der Waals surface area (Å²) >= 11 is 0. The van der Waals surface area contributed by atoms with Gasteiger partial charge in [-0.05, 0) is 18.1 Å². The van der Waals surface area contributed by atoms with Crippen molar-refractivity contribution in [3.8, 4) is 11.8 Å². The van der Waals surface area contributed by atoms with E-state index in [4.69, 9.17) is 9.84 Å². The Balaban J connectivity index is 2.30. The van der Waals surface area contributed by atoms with Crippen molar-refractivity contribution >= 4 is 11.7 Å². The molecule has 0 aliphatic rings. The number of aromatic nitrogens is 2. The number of nitrogens with zero attached hydrogens (tertiary/aromatic N) is 3. The lowest BCUT2D eigenvalue weighted by molar-refractivity contribution is -0.385. The Bertz CT molecular complexity index is 685. The molecule has 1 N–H and O–H groups in total. The Morgan fingerprint density at radius 2 is 2.05 bits per heavy atom. The molecule has 0 amide bonds. The van der Waals surface area contributed by atoms with E-state index < -0.39 is 10.9 Å². The van der Waals surface area contributed by atoms with Gasteiger partial charge >= 0.3 is 17.7 Å². The summed E-state index contributed by atoms with van der Waals surface area (Å²) in [7, 11) is 0. The number of hydrogen-bond donors (Lipinski definition) is 1. The molecule has 2 rings (SSSR count). The van der Waals surface area contributed by atoms with Crippen LogP contribution in [0.25, 0.3) is 0 Å². The summed E-state index contributed by atoms with van der Waals surface area (Å²) in [6.07, 6.45) is 2.79. The summed E-state index contributed by atoms with van der Waals surface area (Å²) in [5.74, 6) is -1.17. The fourth-order valence-corrected chi connectivity index (χ4v) is 1.59. The molecule has 0 saturated heterocycles. The van der Waals surface area contributed by atoms with Gasteiger partial charge in [-0.2, -0.15) is 0 Å². The molecule has 8 heteroatoms. The zero-order chi connectivity index (χ0) is 15.4. The van der Waals surface area contributed by atoms with Gasteiger partial charge in [-0.15, -0.1) is 0 Å². The second kappa shape index (κ2) is 5.95.